The van der Waals surface area contributed by atoms with E-state index in [4.69, 9.17) is 15.2 Å². The van der Waals surface area contributed by atoms with Crippen LogP contribution in [0, 0.1) is 5.92 Å². The molecule has 1 aliphatic rings. The van der Waals surface area contributed by atoms with E-state index < -0.39 is 0 Å². The Morgan fingerprint density at radius 3 is 2.57 bits per heavy atom. The van der Waals surface area contributed by atoms with Crippen LogP contribution in [0.1, 0.15) is 37.7 Å². The van der Waals surface area contributed by atoms with Gasteiger partial charge >= 0.3 is 0 Å². The van der Waals surface area contributed by atoms with E-state index in [1.807, 2.05) is 12.1 Å². The Hall–Kier alpha value is -0.580. The van der Waals surface area contributed by atoms with Crippen LogP contribution in [0.5, 0.6) is 5.75 Å². The number of nitrogens with two attached hydrogens (primary N) is 1. The van der Waals surface area contributed by atoms with Gasteiger partial charge in [0.25, 0.3) is 0 Å². The molecule has 4 heteroatoms. The first-order chi connectivity index (χ1) is 10.2. The van der Waals surface area contributed by atoms with Crippen molar-refractivity contribution in [3.63, 3.8) is 0 Å². The third-order valence-corrected chi connectivity index (χ3v) is 5.29. The van der Waals surface area contributed by atoms with Gasteiger partial charge in [0.1, 0.15) is 5.75 Å². The van der Waals surface area contributed by atoms with Crippen LogP contribution in [0.4, 0.5) is 0 Å². The average molecular weight is 356 g/mol. The Morgan fingerprint density at radius 1 is 1.24 bits per heavy atom. The highest BCUT2D eigenvalue weighted by Gasteiger charge is 2.29. The van der Waals surface area contributed by atoms with Gasteiger partial charge < -0.3 is 15.2 Å². The van der Waals surface area contributed by atoms with E-state index in [0.29, 0.717) is 5.92 Å². The third-order valence-electron chi connectivity index (χ3n) is 4.52. The van der Waals surface area contributed by atoms with E-state index >= 15 is 0 Å². The molecule has 1 aromatic rings. The van der Waals surface area contributed by atoms with Crippen molar-refractivity contribution in [3.05, 3.63) is 28.2 Å². The molecule has 0 amide bonds. The van der Waals surface area contributed by atoms with Gasteiger partial charge in [-0.05, 0) is 48.9 Å². The van der Waals surface area contributed by atoms with Crippen LogP contribution in [0.3, 0.4) is 0 Å². The molecular weight excluding hydrogens is 330 g/mol. The normalized spacial score (nSPS) is 19.2. The number of benzene rings is 1. The zero-order valence-electron chi connectivity index (χ0n) is 13.0. The summed E-state index contributed by atoms with van der Waals surface area (Å²) in [7, 11) is 3.48. The molecule has 1 fully saturated rings. The van der Waals surface area contributed by atoms with Gasteiger partial charge in [0.15, 0.2) is 0 Å². The van der Waals surface area contributed by atoms with Crippen LogP contribution in [0.15, 0.2) is 22.7 Å². The Morgan fingerprint density at radius 2 is 1.95 bits per heavy atom. The number of halogens is 1. The second-order valence-electron chi connectivity index (χ2n) is 5.92. The van der Waals surface area contributed by atoms with Crippen molar-refractivity contribution < 1.29 is 9.47 Å². The van der Waals surface area contributed by atoms with E-state index in [0.717, 1.165) is 16.6 Å². The lowest BCUT2D eigenvalue weighted by atomic mass is 9.81. The second kappa shape index (κ2) is 8.16. The summed E-state index contributed by atoms with van der Waals surface area (Å²) >= 11 is 3.60. The van der Waals surface area contributed by atoms with Gasteiger partial charge in [0.05, 0.1) is 13.2 Å². The van der Waals surface area contributed by atoms with Gasteiger partial charge in [-0.3, -0.25) is 0 Å². The SMILES string of the molecule is COc1ccc(Br)c(CC(N)C(OC)C2CCCCC2)c1. The van der Waals surface area contributed by atoms with Crippen LogP contribution in [0.25, 0.3) is 0 Å². The first-order valence-corrected chi connectivity index (χ1v) is 8.55. The predicted octanol–water partition coefficient (Wildman–Crippen LogP) is 3.92. The lowest BCUT2D eigenvalue weighted by molar-refractivity contribution is 0.0178. The zero-order valence-corrected chi connectivity index (χ0v) is 14.6. The topological polar surface area (TPSA) is 44.5 Å². The molecule has 0 aliphatic heterocycles. The molecule has 2 N–H and O–H groups in total. The zero-order chi connectivity index (χ0) is 15.2. The van der Waals surface area contributed by atoms with E-state index in [2.05, 4.69) is 22.0 Å². The van der Waals surface area contributed by atoms with Crippen LogP contribution in [0.2, 0.25) is 0 Å². The van der Waals surface area contributed by atoms with Crippen LogP contribution < -0.4 is 10.5 Å². The van der Waals surface area contributed by atoms with Crippen LogP contribution in [-0.4, -0.2) is 26.4 Å². The smallest absolute Gasteiger partial charge is 0.119 e. The molecule has 2 atom stereocenters. The van der Waals surface area contributed by atoms with Crippen molar-refractivity contribution in [2.75, 3.05) is 14.2 Å². The Kier molecular flexibility index (Phi) is 6.52. The van der Waals surface area contributed by atoms with Gasteiger partial charge in [-0.2, -0.15) is 0 Å². The second-order valence-corrected chi connectivity index (χ2v) is 6.78. The molecule has 0 heterocycles. The van der Waals surface area contributed by atoms with E-state index in [1.165, 1.54) is 37.7 Å². The Bertz CT molecular complexity index is 446. The Balaban J connectivity index is 2.06. The van der Waals surface area contributed by atoms with E-state index in [-0.39, 0.29) is 12.1 Å². The molecule has 1 saturated carbocycles. The molecule has 0 aromatic heterocycles. The van der Waals surface area contributed by atoms with Crippen molar-refractivity contribution in [2.45, 2.75) is 50.7 Å². The van der Waals surface area contributed by atoms with Crippen molar-refractivity contribution in [1.82, 2.24) is 0 Å². The maximum atomic E-state index is 6.47. The van der Waals surface area contributed by atoms with Crippen molar-refractivity contribution >= 4 is 15.9 Å². The summed E-state index contributed by atoms with van der Waals surface area (Å²) in [5, 5.41) is 0. The van der Waals surface area contributed by atoms with Crippen LogP contribution >= 0.6 is 15.9 Å². The molecule has 2 unspecified atom stereocenters. The monoisotopic (exact) mass is 355 g/mol. The van der Waals surface area contributed by atoms with Crippen LogP contribution in [-0.2, 0) is 11.2 Å². The average Bonchev–Trinajstić information content (AvgIpc) is 2.51. The van der Waals surface area contributed by atoms with Crippen molar-refractivity contribution in [3.8, 4) is 5.75 Å². The standard InChI is InChI=1S/C17H26BrNO2/c1-20-14-8-9-15(18)13(10-14)11-16(19)17(21-2)12-6-4-3-5-7-12/h8-10,12,16-17H,3-7,11,19H2,1-2H3. The molecule has 2 rings (SSSR count). The largest absolute Gasteiger partial charge is 0.497 e. The van der Waals surface area contributed by atoms with Gasteiger partial charge in [-0.15, -0.1) is 0 Å². The van der Waals surface area contributed by atoms with Gasteiger partial charge in [-0.25, -0.2) is 0 Å². The minimum Gasteiger partial charge on any atom is -0.497 e. The maximum absolute atomic E-state index is 6.47. The summed E-state index contributed by atoms with van der Waals surface area (Å²) in [5.74, 6) is 1.47. The molecular formula is C17H26BrNO2. The summed E-state index contributed by atoms with van der Waals surface area (Å²) in [6.07, 6.45) is 7.39. The summed E-state index contributed by atoms with van der Waals surface area (Å²) in [4.78, 5) is 0. The van der Waals surface area contributed by atoms with E-state index in [9.17, 15) is 0 Å². The number of hydrogen-bond acceptors (Lipinski definition) is 3. The summed E-state index contributed by atoms with van der Waals surface area (Å²) in [6, 6.07) is 6.04. The molecule has 3 nitrogen and oxygen atoms in total. The van der Waals surface area contributed by atoms with Gasteiger partial charge in [0, 0.05) is 17.6 Å². The highest BCUT2D eigenvalue weighted by molar-refractivity contribution is 9.10. The number of rotatable bonds is 6. The number of methoxy groups -OCH3 is 2. The summed E-state index contributed by atoms with van der Waals surface area (Å²) in [5.41, 5.74) is 7.65. The van der Waals surface area contributed by atoms with Crippen molar-refractivity contribution in [1.29, 1.82) is 0 Å². The lowest BCUT2D eigenvalue weighted by Gasteiger charge is -2.33. The highest BCUT2D eigenvalue weighted by atomic mass is 79.9. The summed E-state index contributed by atoms with van der Waals surface area (Å²) < 4.78 is 12.1. The van der Waals surface area contributed by atoms with Gasteiger partial charge in [-0.1, -0.05) is 35.2 Å². The maximum Gasteiger partial charge on any atom is 0.119 e. The lowest BCUT2D eigenvalue weighted by Crippen LogP contribution is -2.43. The molecule has 0 bridgehead atoms. The molecule has 0 spiro atoms. The fourth-order valence-electron chi connectivity index (χ4n) is 3.38. The first kappa shape index (κ1) is 16.8. The first-order valence-electron chi connectivity index (χ1n) is 7.76. The molecule has 21 heavy (non-hydrogen) atoms. The molecule has 1 aromatic carbocycles. The minimum atomic E-state index is 0.0153. The Labute approximate surface area is 136 Å². The number of ether oxygens (including phenoxy) is 2. The highest BCUT2D eigenvalue weighted by Crippen LogP contribution is 2.31. The van der Waals surface area contributed by atoms with Crippen molar-refractivity contribution in [2.24, 2.45) is 11.7 Å². The van der Waals surface area contributed by atoms with Gasteiger partial charge in [0.2, 0.25) is 0 Å². The molecule has 118 valence electrons. The quantitative estimate of drug-likeness (QED) is 0.840. The molecule has 1 aliphatic carbocycles. The third kappa shape index (κ3) is 4.44. The number of hydrogen-bond donors (Lipinski definition) is 1. The molecule has 0 saturated heterocycles. The fraction of sp³-hybridized carbons (Fsp3) is 0.647. The predicted molar refractivity (Wildman–Crippen MR) is 89.7 cm³/mol. The fourth-order valence-corrected chi connectivity index (χ4v) is 3.79. The minimum absolute atomic E-state index is 0.0153. The summed E-state index contributed by atoms with van der Waals surface area (Å²) in [6.45, 7) is 0. The molecule has 0 radical (unpaired) electrons. The van der Waals surface area contributed by atoms with E-state index in [1.54, 1.807) is 14.2 Å².